The van der Waals surface area contributed by atoms with E-state index in [2.05, 4.69) is 106 Å². The first-order chi connectivity index (χ1) is 17.7. The van der Waals surface area contributed by atoms with Crippen molar-refractivity contribution in [1.82, 2.24) is 14.7 Å². The number of benzene rings is 3. The summed E-state index contributed by atoms with van der Waals surface area (Å²) in [6.45, 7) is 9.75. The summed E-state index contributed by atoms with van der Waals surface area (Å²) < 4.78 is 0. The number of hydrogen-bond donors (Lipinski definition) is 0. The van der Waals surface area contributed by atoms with Gasteiger partial charge in [0, 0.05) is 58.9 Å². The summed E-state index contributed by atoms with van der Waals surface area (Å²) in [7, 11) is 0. The van der Waals surface area contributed by atoms with Gasteiger partial charge in [0.1, 0.15) is 0 Å². The van der Waals surface area contributed by atoms with E-state index in [1.807, 2.05) is 0 Å². The minimum Gasteiger partial charge on any atom is -0.373 e. The van der Waals surface area contributed by atoms with Crippen LogP contribution in [0.2, 0.25) is 0 Å². The molecule has 3 aromatic carbocycles. The Hall–Kier alpha value is -3.32. The Bertz CT molecular complexity index is 898. The van der Waals surface area contributed by atoms with E-state index in [0.29, 0.717) is 0 Å². The summed E-state index contributed by atoms with van der Waals surface area (Å²) in [6.07, 6.45) is 0. The van der Waals surface area contributed by atoms with Crippen LogP contribution in [-0.4, -0.2) is 54.0 Å². The second-order valence-electron chi connectivity index (χ2n) is 8.46. The van der Waals surface area contributed by atoms with Crippen LogP contribution in [0.15, 0.2) is 91.0 Å². The summed E-state index contributed by atoms with van der Waals surface area (Å²) in [5, 5.41) is 0. The number of nitrogens with zero attached hydrogens (tertiary/aromatic N) is 9. The molecule has 1 saturated heterocycles. The predicted octanol–water partition coefficient (Wildman–Crippen LogP) is 6.24. The van der Waals surface area contributed by atoms with Gasteiger partial charge in [0.15, 0.2) is 0 Å². The van der Waals surface area contributed by atoms with Gasteiger partial charge in [-0.25, -0.2) is 0 Å². The second kappa shape index (κ2) is 19.8. The molecule has 37 heavy (non-hydrogen) atoms. The first kappa shape index (κ1) is 31.7. The molecule has 1 aliphatic rings. The predicted molar refractivity (Wildman–Crippen MR) is 145 cm³/mol. The van der Waals surface area contributed by atoms with Crippen LogP contribution in [0.3, 0.4) is 0 Å². The van der Waals surface area contributed by atoms with Crippen LogP contribution < -0.4 is 0 Å². The van der Waals surface area contributed by atoms with Crippen LogP contribution in [0, 0.1) is 0 Å². The average molecular weight is 547 g/mol. The van der Waals surface area contributed by atoms with Gasteiger partial charge in [-0.3, -0.25) is 24.5 Å². The third kappa shape index (κ3) is 13.5. The molecule has 0 saturated carbocycles. The van der Waals surface area contributed by atoms with Crippen LogP contribution in [-0.2, 0) is 36.7 Å². The smallest absolute Gasteiger partial charge is 0.373 e. The van der Waals surface area contributed by atoms with Crippen molar-refractivity contribution >= 4 is 0 Å². The van der Waals surface area contributed by atoms with Crippen molar-refractivity contribution in [2.45, 2.75) is 19.6 Å². The van der Waals surface area contributed by atoms with Crippen molar-refractivity contribution in [3.8, 4) is 0 Å². The molecule has 0 aliphatic carbocycles. The maximum Gasteiger partial charge on any atom is 2.00 e. The topological polar surface area (TPSA) is 127 Å². The van der Waals surface area contributed by atoms with Crippen molar-refractivity contribution in [3.63, 3.8) is 0 Å². The van der Waals surface area contributed by atoms with Gasteiger partial charge < -0.3 is 22.1 Å². The molecule has 1 heterocycles. The molecule has 3 aromatic rings. The van der Waals surface area contributed by atoms with Gasteiger partial charge in [0.2, 0.25) is 0 Å². The third-order valence-corrected chi connectivity index (χ3v) is 5.94. The second-order valence-corrected chi connectivity index (χ2v) is 8.46. The largest absolute Gasteiger partial charge is 2.00 e. The Kier molecular flexibility index (Phi) is 17.0. The molecule has 197 valence electrons. The van der Waals surface area contributed by atoms with E-state index < -0.39 is 0 Å². The molecule has 1 aliphatic heterocycles. The number of hydrogen-bond acceptors (Lipinski definition) is 3. The van der Waals surface area contributed by atoms with E-state index in [-0.39, 0.29) is 17.1 Å². The summed E-state index contributed by atoms with van der Waals surface area (Å²) in [5.74, 6) is 0. The fourth-order valence-electron chi connectivity index (χ4n) is 4.18. The summed E-state index contributed by atoms with van der Waals surface area (Å²) in [6, 6.07) is 32.7. The van der Waals surface area contributed by atoms with E-state index in [9.17, 15) is 0 Å². The zero-order chi connectivity index (χ0) is 25.8. The maximum atomic E-state index is 6.75. The van der Waals surface area contributed by atoms with Crippen molar-refractivity contribution in [2.24, 2.45) is 0 Å². The van der Waals surface area contributed by atoms with Crippen molar-refractivity contribution in [2.75, 3.05) is 39.3 Å². The van der Waals surface area contributed by atoms with E-state index in [1.165, 1.54) is 26.5 Å². The van der Waals surface area contributed by atoms with E-state index in [4.69, 9.17) is 22.1 Å². The van der Waals surface area contributed by atoms with E-state index in [0.717, 1.165) is 58.9 Å². The molecule has 0 spiro atoms. The molecule has 0 N–H and O–H groups in total. The molecule has 1 radical (unpaired) electrons. The standard InChI is InChI=1S/C27H33N3.Cu.2N3/c1-4-10-25(11-5-1)22-28-16-18-29(23-26-12-6-2-7-13-26)20-21-30(19-17-28)24-27-14-8-3-9-15-27;;2*1-3-2/h1-15H,16-24H2;;;/q;+2;2*-1. The molecule has 0 aromatic heterocycles. The molecule has 9 nitrogen and oxygen atoms in total. The average Bonchev–Trinajstić information content (AvgIpc) is 2.99. The minimum atomic E-state index is 0. The fourth-order valence-corrected chi connectivity index (χ4v) is 4.18. The summed E-state index contributed by atoms with van der Waals surface area (Å²) >= 11 is 0. The normalized spacial score (nSPS) is 14.4. The zero-order valence-corrected chi connectivity index (χ0v) is 21.8. The van der Waals surface area contributed by atoms with Gasteiger partial charge in [-0.05, 0) is 16.7 Å². The molecule has 4 rings (SSSR count). The molecule has 1 fully saturated rings. The molecule has 10 heteroatoms. The molecule has 0 bridgehead atoms. The quantitative estimate of drug-likeness (QED) is 0.157. The Balaban J connectivity index is 0.000000894. The van der Waals surface area contributed by atoms with Gasteiger partial charge in [-0.15, -0.1) is 0 Å². The van der Waals surface area contributed by atoms with Crippen molar-refractivity contribution < 1.29 is 17.1 Å². The summed E-state index contributed by atoms with van der Waals surface area (Å²) in [4.78, 5) is 10.9. The van der Waals surface area contributed by atoms with Crippen LogP contribution in [0.4, 0.5) is 0 Å². The molecular formula is C27H33CuN9. The monoisotopic (exact) mass is 546 g/mol. The van der Waals surface area contributed by atoms with Crippen LogP contribution in [0.1, 0.15) is 16.7 Å². The Morgan fingerprint density at radius 1 is 0.432 bits per heavy atom. The van der Waals surface area contributed by atoms with Crippen LogP contribution in [0.5, 0.6) is 0 Å². The zero-order valence-electron chi connectivity index (χ0n) is 20.9. The molecular weight excluding hydrogens is 514 g/mol. The van der Waals surface area contributed by atoms with Gasteiger partial charge >= 0.3 is 17.1 Å². The van der Waals surface area contributed by atoms with Gasteiger partial charge in [-0.1, -0.05) is 91.0 Å². The van der Waals surface area contributed by atoms with Gasteiger partial charge in [0.25, 0.3) is 0 Å². The van der Waals surface area contributed by atoms with Gasteiger partial charge in [-0.2, -0.15) is 0 Å². The van der Waals surface area contributed by atoms with Crippen molar-refractivity contribution in [3.05, 3.63) is 140 Å². The fraction of sp³-hybridized carbons (Fsp3) is 0.333. The van der Waals surface area contributed by atoms with Crippen LogP contribution in [0.25, 0.3) is 31.9 Å². The number of rotatable bonds is 6. The summed E-state index contributed by atoms with van der Waals surface area (Å²) in [5.41, 5.74) is 31.2. The Morgan fingerprint density at radius 2 is 0.622 bits per heavy atom. The first-order valence-electron chi connectivity index (χ1n) is 11.9. The molecule has 0 atom stereocenters. The Labute approximate surface area is 230 Å². The van der Waals surface area contributed by atoms with Crippen molar-refractivity contribution in [1.29, 1.82) is 0 Å². The SMILES string of the molecule is [Cu+2].[N-]=[N+]=[N-].[N-]=[N+]=[N-].c1ccc(CN2CCN(Cc3ccccc3)CCN(Cc3ccccc3)CC2)cc1. The van der Waals surface area contributed by atoms with E-state index in [1.54, 1.807) is 0 Å². The van der Waals surface area contributed by atoms with Crippen LogP contribution >= 0.6 is 0 Å². The van der Waals surface area contributed by atoms with E-state index >= 15 is 0 Å². The Morgan fingerprint density at radius 3 is 0.811 bits per heavy atom. The first-order valence-corrected chi connectivity index (χ1v) is 11.9. The minimum absolute atomic E-state index is 0. The maximum absolute atomic E-state index is 6.75. The third-order valence-electron chi connectivity index (χ3n) is 5.94. The molecule has 0 amide bonds. The van der Waals surface area contributed by atoms with Gasteiger partial charge in [0.05, 0.1) is 0 Å². The molecule has 0 unspecified atom stereocenters.